The maximum Gasteiger partial charge on any atom is 0.187 e. The van der Waals surface area contributed by atoms with Crippen LogP contribution in [0.1, 0.15) is 29.0 Å². The largest absolute Gasteiger partial charge is 0.363 e. The number of fused-ring (bicyclic) bond motifs is 1. The van der Waals surface area contributed by atoms with Crippen molar-refractivity contribution in [2.24, 2.45) is 0 Å². The first-order valence-corrected chi connectivity index (χ1v) is 11.7. The number of hydrogen-bond donors (Lipinski definition) is 1. The van der Waals surface area contributed by atoms with Gasteiger partial charge in [0.15, 0.2) is 9.84 Å². The van der Waals surface area contributed by atoms with Gasteiger partial charge in [0.05, 0.1) is 11.9 Å². The summed E-state index contributed by atoms with van der Waals surface area (Å²) in [6.45, 7) is 2.93. The number of rotatable bonds is 6. The molecule has 0 amide bonds. The molecule has 154 valence electrons. The Bertz CT molecular complexity index is 1260. The number of hydrogen-bond acceptors (Lipinski definition) is 5. The Morgan fingerprint density at radius 2 is 2.07 bits per heavy atom. The zero-order valence-electron chi connectivity index (χ0n) is 16.5. The van der Waals surface area contributed by atoms with E-state index in [1.807, 2.05) is 24.3 Å². The van der Waals surface area contributed by atoms with Crippen LogP contribution in [0, 0.1) is 0 Å². The lowest BCUT2D eigenvalue weighted by Gasteiger charge is -2.16. The second-order valence-electron chi connectivity index (χ2n) is 7.94. The quantitative estimate of drug-likeness (QED) is 0.507. The molecule has 30 heavy (non-hydrogen) atoms. The summed E-state index contributed by atoms with van der Waals surface area (Å²) < 4.78 is 29.7. The van der Waals surface area contributed by atoms with Gasteiger partial charge in [0.25, 0.3) is 0 Å². The molecule has 4 aromatic rings. The third-order valence-corrected chi connectivity index (χ3v) is 7.52. The van der Waals surface area contributed by atoms with E-state index in [-0.39, 0.29) is 10.6 Å². The van der Waals surface area contributed by atoms with E-state index in [1.165, 1.54) is 34.5 Å². The third kappa shape index (κ3) is 3.78. The van der Waals surface area contributed by atoms with Crippen molar-refractivity contribution < 1.29 is 12.9 Å². The summed E-state index contributed by atoms with van der Waals surface area (Å²) in [7, 11) is -3.45. The van der Waals surface area contributed by atoms with E-state index < -0.39 is 9.84 Å². The van der Waals surface area contributed by atoms with Crippen LogP contribution in [0.15, 0.2) is 76.6 Å². The van der Waals surface area contributed by atoms with Crippen LogP contribution in [0.2, 0.25) is 0 Å². The highest BCUT2D eigenvalue weighted by atomic mass is 32.2. The number of likely N-dealkylation sites (tertiary alicyclic amines) is 1. The van der Waals surface area contributed by atoms with Crippen LogP contribution in [0.4, 0.5) is 0 Å². The van der Waals surface area contributed by atoms with E-state index in [0.29, 0.717) is 5.92 Å². The van der Waals surface area contributed by atoms with Crippen molar-refractivity contribution in [2.75, 3.05) is 13.1 Å². The maximum atomic E-state index is 12.5. The lowest BCUT2D eigenvalue weighted by Crippen LogP contribution is -2.19. The fraction of sp³-hybridized carbons (Fsp3) is 0.261. The van der Waals surface area contributed by atoms with Crippen molar-refractivity contribution in [3.8, 4) is 0 Å². The van der Waals surface area contributed by atoms with Crippen molar-refractivity contribution in [1.29, 1.82) is 0 Å². The lowest BCUT2D eigenvalue weighted by molar-refractivity contribution is 0.328. The van der Waals surface area contributed by atoms with Gasteiger partial charge in [-0.05, 0) is 41.6 Å². The van der Waals surface area contributed by atoms with Gasteiger partial charge in [-0.2, -0.15) is 0 Å². The van der Waals surface area contributed by atoms with Gasteiger partial charge < -0.3 is 9.51 Å². The molecule has 1 atom stereocenters. The van der Waals surface area contributed by atoms with Gasteiger partial charge in [0.2, 0.25) is 0 Å². The van der Waals surface area contributed by atoms with Gasteiger partial charge in [-0.15, -0.1) is 0 Å². The number of para-hydroxylation sites is 1. The molecule has 3 heterocycles. The molecule has 7 heteroatoms. The summed E-state index contributed by atoms with van der Waals surface area (Å²) in [4.78, 5) is 5.95. The summed E-state index contributed by atoms with van der Waals surface area (Å²) in [6.07, 6.45) is 5.61. The molecule has 2 aromatic carbocycles. The van der Waals surface area contributed by atoms with Gasteiger partial charge in [0.1, 0.15) is 11.2 Å². The molecule has 2 aromatic heterocycles. The number of aromatic amines is 1. The topological polar surface area (TPSA) is 79.2 Å². The van der Waals surface area contributed by atoms with E-state index >= 15 is 0 Å². The normalized spacial score (nSPS) is 17.7. The number of aromatic nitrogens is 2. The molecule has 1 unspecified atom stereocenters. The zero-order chi connectivity index (χ0) is 20.6. The van der Waals surface area contributed by atoms with Crippen LogP contribution >= 0.6 is 0 Å². The Balaban J connectivity index is 1.28. The standard InChI is InChI=1S/C23H23N3O3S/c27-30(28,21-12-25-29-15-21)16-17-4-3-5-18(10-17)19-8-9-26(13-19)14-20-11-24-23-7-2-1-6-22(20)23/h1-7,10-12,15,19,24H,8-9,13-14,16H2. The number of nitrogens with one attached hydrogen (secondary N) is 1. The second kappa shape index (κ2) is 7.74. The molecule has 5 rings (SSSR count). The van der Waals surface area contributed by atoms with E-state index in [9.17, 15) is 8.42 Å². The number of nitrogens with zero attached hydrogens (tertiary/aromatic N) is 2. The lowest BCUT2D eigenvalue weighted by atomic mass is 9.97. The summed E-state index contributed by atoms with van der Waals surface area (Å²) in [6, 6.07) is 16.3. The Morgan fingerprint density at radius 1 is 1.17 bits per heavy atom. The minimum Gasteiger partial charge on any atom is -0.363 e. The average Bonchev–Trinajstić information content (AvgIpc) is 3.50. The Morgan fingerprint density at radius 3 is 2.93 bits per heavy atom. The summed E-state index contributed by atoms with van der Waals surface area (Å²) >= 11 is 0. The van der Waals surface area contributed by atoms with Crippen LogP contribution in [-0.2, 0) is 22.1 Å². The highest BCUT2D eigenvalue weighted by Crippen LogP contribution is 2.30. The number of H-pyrrole nitrogens is 1. The Labute approximate surface area is 175 Å². The van der Waals surface area contributed by atoms with E-state index in [2.05, 4.69) is 50.0 Å². The Kier molecular flexibility index (Phi) is 4.92. The molecule has 0 radical (unpaired) electrons. The van der Waals surface area contributed by atoms with Gasteiger partial charge in [-0.25, -0.2) is 8.42 Å². The van der Waals surface area contributed by atoms with Crippen molar-refractivity contribution in [2.45, 2.75) is 29.5 Å². The highest BCUT2D eigenvalue weighted by Gasteiger charge is 2.25. The summed E-state index contributed by atoms with van der Waals surface area (Å²) in [5.41, 5.74) is 4.49. The number of sulfone groups is 1. The molecule has 1 fully saturated rings. The molecule has 1 aliphatic heterocycles. The van der Waals surface area contributed by atoms with E-state index in [1.54, 1.807) is 0 Å². The smallest absolute Gasteiger partial charge is 0.187 e. The van der Waals surface area contributed by atoms with Crippen molar-refractivity contribution >= 4 is 20.7 Å². The average molecular weight is 422 g/mol. The maximum absolute atomic E-state index is 12.5. The fourth-order valence-electron chi connectivity index (χ4n) is 4.34. The van der Waals surface area contributed by atoms with E-state index in [0.717, 1.165) is 31.6 Å². The van der Waals surface area contributed by atoms with Gasteiger partial charge in [-0.1, -0.05) is 47.6 Å². The fourth-order valence-corrected chi connectivity index (χ4v) is 5.52. The number of benzene rings is 2. The molecule has 1 N–H and O–H groups in total. The second-order valence-corrected chi connectivity index (χ2v) is 9.93. The Hall–Kier alpha value is -2.90. The molecular weight excluding hydrogens is 398 g/mol. The summed E-state index contributed by atoms with van der Waals surface area (Å²) in [5.74, 6) is 0.363. The first-order chi connectivity index (χ1) is 14.6. The minimum atomic E-state index is -3.45. The monoisotopic (exact) mass is 421 g/mol. The molecule has 1 saturated heterocycles. The highest BCUT2D eigenvalue weighted by molar-refractivity contribution is 7.90. The predicted molar refractivity (Wildman–Crippen MR) is 115 cm³/mol. The van der Waals surface area contributed by atoms with Crippen molar-refractivity contribution in [1.82, 2.24) is 15.0 Å². The third-order valence-electron chi connectivity index (χ3n) is 5.89. The molecule has 1 aliphatic rings. The molecule has 6 nitrogen and oxygen atoms in total. The van der Waals surface area contributed by atoms with Crippen LogP contribution < -0.4 is 0 Å². The van der Waals surface area contributed by atoms with Crippen molar-refractivity contribution in [3.63, 3.8) is 0 Å². The van der Waals surface area contributed by atoms with Crippen molar-refractivity contribution in [3.05, 3.63) is 83.9 Å². The predicted octanol–water partition coefficient (Wildman–Crippen LogP) is 4.12. The SMILES string of the molecule is O=S(=O)(Cc1cccc(C2CCN(Cc3c[nH]c4ccccc34)C2)c1)c1cnoc1. The van der Waals surface area contributed by atoms with Crippen LogP contribution in [0.3, 0.4) is 0 Å². The summed E-state index contributed by atoms with van der Waals surface area (Å²) in [5, 5.41) is 4.79. The molecule has 0 aliphatic carbocycles. The van der Waals surface area contributed by atoms with Crippen LogP contribution in [0.25, 0.3) is 10.9 Å². The minimum absolute atomic E-state index is 0.0478. The van der Waals surface area contributed by atoms with Gasteiger partial charge >= 0.3 is 0 Å². The molecule has 0 spiro atoms. The first-order valence-electron chi connectivity index (χ1n) is 10.1. The zero-order valence-corrected chi connectivity index (χ0v) is 17.3. The van der Waals surface area contributed by atoms with Gasteiger partial charge in [0, 0.05) is 30.2 Å². The molecular formula is C23H23N3O3S. The van der Waals surface area contributed by atoms with Crippen LogP contribution in [-0.4, -0.2) is 36.5 Å². The molecule has 0 saturated carbocycles. The van der Waals surface area contributed by atoms with Gasteiger partial charge in [-0.3, -0.25) is 4.90 Å². The van der Waals surface area contributed by atoms with Crippen LogP contribution in [0.5, 0.6) is 0 Å². The first kappa shape index (κ1) is 19.1. The molecule has 0 bridgehead atoms. The van der Waals surface area contributed by atoms with E-state index in [4.69, 9.17) is 0 Å².